The van der Waals surface area contributed by atoms with Gasteiger partial charge in [-0.05, 0) is 61.7 Å². The molecule has 0 amide bonds. The van der Waals surface area contributed by atoms with E-state index in [-0.39, 0.29) is 12.2 Å². The van der Waals surface area contributed by atoms with Gasteiger partial charge in [0.1, 0.15) is 5.82 Å². The lowest BCUT2D eigenvalue weighted by Gasteiger charge is -2.16. The molecule has 2 aromatic carbocycles. The molecule has 3 aromatic rings. The van der Waals surface area contributed by atoms with E-state index >= 15 is 0 Å². The Kier molecular flexibility index (Phi) is 5.78. The Hall–Kier alpha value is -2.43. The molecule has 0 atom stereocenters. The molecule has 0 saturated carbocycles. The molecule has 1 aromatic heterocycles. The second-order valence-corrected chi connectivity index (χ2v) is 7.23. The molecule has 0 bridgehead atoms. The maximum Gasteiger partial charge on any atom is 0.257 e. The van der Waals surface area contributed by atoms with E-state index in [9.17, 15) is 9.90 Å². The van der Waals surface area contributed by atoms with Crippen molar-refractivity contribution in [3.63, 3.8) is 0 Å². The summed E-state index contributed by atoms with van der Waals surface area (Å²) < 4.78 is 1.69. The molecule has 1 heterocycles. The number of hydrogen-bond donors (Lipinski definition) is 1. The van der Waals surface area contributed by atoms with E-state index in [0.717, 1.165) is 11.1 Å². The summed E-state index contributed by atoms with van der Waals surface area (Å²) >= 11 is 6.01. The minimum absolute atomic E-state index is 0.0817. The maximum atomic E-state index is 13.2. The predicted octanol–water partition coefficient (Wildman–Crippen LogP) is 4.07. The second-order valence-electron chi connectivity index (χ2n) is 6.79. The van der Waals surface area contributed by atoms with Gasteiger partial charge in [-0.15, -0.1) is 0 Å². The highest BCUT2D eigenvalue weighted by Crippen LogP contribution is 2.21. The number of nitrogens with zero attached hydrogens (tertiary/aromatic N) is 2. The van der Waals surface area contributed by atoms with Crippen molar-refractivity contribution in [1.82, 2.24) is 9.55 Å². The standard InChI is InChI=1S/C22H23ClN2O2/c1-14-4-5-17(12-15(14)2)13-25-21(18-6-8-19(23)9-7-18)24-16(3)20(10-11-26)22(25)27/h4-9,12,26H,10-11,13H2,1-3H3. The molecule has 1 N–H and O–H groups in total. The van der Waals surface area contributed by atoms with Gasteiger partial charge < -0.3 is 5.11 Å². The van der Waals surface area contributed by atoms with Crippen molar-refractivity contribution in [2.75, 3.05) is 6.61 Å². The fourth-order valence-electron chi connectivity index (χ4n) is 3.15. The zero-order chi connectivity index (χ0) is 19.6. The van der Waals surface area contributed by atoms with Crippen LogP contribution < -0.4 is 5.56 Å². The van der Waals surface area contributed by atoms with Crippen LogP contribution in [0.15, 0.2) is 47.3 Å². The quantitative estimate of drug-likeness (QED) is 0.723. The molecule has 4 nitrogen and oxygen atoms in total. The van der Waals surface area contributed by atoms with Crippen molar-refractivity contribution >= 4 is 11.6 Å². The van der Waals surface area contributed by atoms with Crippen molar-refractivity contribution in [2.45, 2.75) is 33.7 Å². The minimum atomic E-state index is -0.111. The van der Waals surface area contributed by atoms with Crippen LogP contribution in [0.3, 0.4) is 0 Å². The summed E-state index contributed by atoms with van der Waals surface area (Å²) in [5, 5.41) is 9.98. The molecule has 0 fully saturated rings. The fraction of sp³-hybridized carbons (Fsp3) is 0.273. The summed E-state index contributed by atoms with van der Waals surface area (Å²) in [7, 11) is 0. The lowest BCUT2D eigenvalue weighted by molar-refractivity contribution is 0.298. The van der Waals surface area contributed by atoms with Crippen LogP contribution in [0.1, 0.15) is 27.9 Å². The van der Waals surface area contributed by atoms with Crippen LogP contribution in [0.2, 0.25) is 5.02 Å². The Balaban J connectivity index is 2.18. The van der Waals surface area contributed by atoms with Gasteiger partial charge in [-0.3, -0.25) is 9.36 Å². The number of aliphatic hydroxyl groups excluding tert-OH is 1. The van der Waals surface area contributed by atoms with Gasteiger partial charge in [-0.25, -0.2) is 4.98 Å². The lowest BCUT2D eigenvalue weighted by Crippen LogP contribution is -2.29. The summed E-state index contributed by atoms with van der Waals surface area (Å²) in [6, 6.07) is 13.5. The van der Waals surface area contributed by atoms with Crippen LogP contribution >= 0.6 is 11.6 Å². The van der Waals surface area contributed by atoms with Gasteiger partial charge in [0.2, 0.25) is 0 Å². The number of rotatable bonds is 5. The van der Waals surface area contributed by atoms with Crippen LogP contribution in [-0.4, -0.2) is 21.3 Å². The van der Waals surface area contributed by atoms with Crippen LogP contribution in [0.25, 0.3) is 11.4 Å². The van der Waals surface area contributed by atoms with Gasteiger partial charge in [0.25, 0.3) is 5.56 Å². The fourth-order valence-corrected chi connectivity index (χ4v) is 3.28. The van der Waals surface area contributed by atoms with E-state index in [1.165, 1.54) is 11.1 Å². The summed E-state index contributed by atoms with van der Waals surface area (Å²) in [5.74, 6) is 0.606. The normalized spacial score (nSPS) is 11.0. The molecular formula is C22H23ClN2O2. The van der Waals surface area contributed by atoms with E-state index in [4.69, 9.17) is 16.6 Å². The topological polar surface area (TPSA) is 55.1 Å². The van der Waals surface area contributed by atoms with E-state index < -0.39 is 0 Å². The van der Waals surface area contributed by atoms with Crippen LogP contribution in [0.5, 0.6) is 0 Å². The molecule has 140 valence electrons. The third kappa shape index (κ3) is 4.12. The van der Waals surface area contributed by atoms with Gasteiger partial charge in [0, 0.05) is 34.9 Å². The van der Waals surface area contributed by atoms with Crippen molar-refractivity contribution in [3.8, 4) is 11.4 Å². The smallest absolute Gasteiger partial charge is 0.257 e. The minimum Gasteiger partial charge on any atom is -0.396 e. The van der Waals surface area contributed by atoms with E-state index in [1.54, 1.807) is 16.7 Å². The Morgan fingerprint density at radius 3 is 2.37 bits per heavy atom. The third-order valence-electron chi connectivity index (χ3n) is 4.85. The highest BCUT2D eigenvalue weighted by Gasteiger charge is 2.16. The summed E-state index contributed by atoms with van der Waals surface area (Å²) in [6.45, 7) is 6.28. The number of benzene rings is 2. The average molecular weight is 383 g/mol. The molecule has 0 spiro atoms. The zero-order valence-corrected chi connectivity index (χ0v) is 16.5. The molecule has 0 aliphatic carbocycles. The molecule has 27 heavy (non-hydrogen) atoms. The number of aryl methyl sites for hydroxylation is 3. The van der Waals surface area contributed by atoms with E-state index in [0.29, 0.717) is 35.1 Å². The third-order valence-corrected chi connectivity index (χ3v) is 5.10. The molecule has 0 radical (unpaired) electrons. The monoisotopic (exact) mass is 382 g/mol. The van der Waals surface area contributed by atoms with Crippen molar-refractivity contribution < 1.29 is 5.11 Å². The number of aliphatic hydroxyl groups is 1. The van der Waals surface area contributed by atoms with Crippen molar-refractivity contribution in [2.24, 2.45) is 0 Å². The maximum absolute atomic E-state index is 13.2. The van der Waals surface area contributed by atoms with Crippen molar-refractivity contribution in [3.05, 3.63) is 85.8 Å². The first-order valence-electron chi connectivity index (χ1n) is 8.94. The first kappa shape index (κ1) is 19.3. The molecular weight excluding hydrogens is 360 g/mol. The van der Waals surface area contributed by atoms with Crippen LogP contribution in [0, 0.1) is 20.8 Å². The van der Waals surface area contributed by atoms with Gasteiger partial charge in [-0.1, -0.05) is 29.8 Å². The summed E-state index contributed by atoms with van der Waals surface area (Å²) in [5.41, 5.74) is 5.36. The second kappa shape index (κ2) is 8.07. The van der Waals surface area contributed by atoms with Gasteiger partial charge in [0.05, 0.1) is 6.54 Å². The number of hydrogen-bond acceptors (Lipinski definition) is 3. The highest BCUT2D eigenvalue weighted by atomic mass is 35.5. The SMILES string of the molecule is Cc1ccc(Cn2c(-c3ccc(Cl)cc3)nc(C)c(CCO)c2=O)cc1C. The zero-order valence-electron chi connectivity index (χ0n) is 15.8. The molecule has 0 aliphatic rings. The molecule has 0 aliphatic heterocycles. The molecule has 5 heteroatoms. The number of aromatic nitrogens is 2. The molecule has 0 saturated heterocycles. The first-order chi connectivity index (χ1) is 12.9. The van der Waals surface area contributed by atoms with E-state index in [2.05, 4.69) is 26.0 Å². The Morgan fingerprint density at radius 1 is 1.04 bits per heavy atom. The van der Waals surface area contributed by atoms with Crippen molar-refractivity contribution in [1.29, 1.82) is 0 Å². The van der Waals surface area contributed by atoms with E-state index in [1.807, 2.05) is 25.1 Å². The summed E-state index contributed by atoms with van der Waals surface area (Å²) in [4.78, 5) is 17.9. The predicted molar refractivity (Wildman–Crippen MR) is 109 cm³/mol. The van der Waals surface area contributed by atoms with Crippen LogP contribution in [-0.2, 0) is 13.0 Å². The number of halogens is 1. The average Bonchev–Trinajstić information content (AvgIpc) is 2.64. The Bertz CT molecular complexity index is 1020. The van der Waals surface area contributed by atoms with Gasteiger partial charge in [-0.2, -0.15) is 0 Å². The lowest BCUT2D eigenvalue weighted by atomic mass is 10.1. The highest BCUT2D eigenvalue weighted by molar-refractivity contribution is 6.30. The van der Waals surface area contributed by atoms with Gasteiger partial charge in [0.15, 0.2) is 0 Å². The largest absolute Gasteiger partial charge is 0.396 e. The molecule has 3 rings (SSSR count). The Morgan fingerprint density at radius 2 is 1.74 bits per heavy atom. The Labute approximate surface area is 164 Å². The summed E-state index contributed by atoms with van der Waals surface area (Å²) in [6.07, 6.45) is 0.297. The van der Waals surface area contributed by atoms with Gasteiger partial charge >= 0.3 is 0 Å². The molecule has 0 unspecified atom stereocenters. The first-order valence-corrected chi connectivity index (χ1v) is 9.31. The van der Waals surface area contributed by atoms with Crippen LogP contribution in [0.4, 0.5) is 0 Å².